The Morgan fingerprint density at radius 2 is 1.68 bits per heavy atom. The summed E-state index contributed by atoms with van der Waals surface area (Å²) in [6.45, 7) is 4.49. The fourth-order valence-electron chi connectivity index (χ4n) is 4.45. The molecule has 0 aliphatic carbocycles. The van der Waals surface area contributed by atoms with E-state index < -0.39 is 6.04 Å². The predicted molar refractivity (Wildman–Crippen MR) is 153 cm³/mol. The minimum atomic E-state index is -1.04. The minimum absolute atomic E-state index is 0.157. The first-order valence-electron chi connectivity index (χ1n) is 13.1. The van der Waals surface area contributed by atoms with E-state index in [0.717, 1.165) is 6.42 Å². The van der Waals surface area contributed by atoms with Gasteiger partial charge in [-0.05, 0) is 54.3 Å². The second-order valence-corrected chi connectivity index (χ2v) is 9.69. The summed E-state index contributed by atoms with van der Waals surface area (Å²) in [6, 6.07) is 18.6. The van der Waals surface area contributed by atoms with Gasteiger partial charge in [-0.15, -0.1) is 5.10 Å². The lowest BCUT2D eigenvalue weighted by molar-refractivity contribution is -0.127. The fraction of sp³-hybridized carbons (Fsp3) is 0.333. The number of anilines is 1. The van der Waals surface area contributed by atoms with Gasteiger partial charge in [0.1, 0.15) is 35.4 Å². The van der Waals surface area contributed by atoms with Crippen LogP contribution in [0.5, 0.6) is 17.2 Å². The average Bonchev–Trinajstić information content (AvgIpc) is 3.37. The molecule has 210 valence electrons. The molecule has 4 rings (SSSR count). The fourth-order valence-corrected chi connectivity index (χ4v) is 4.45. The molecule has 0 radical (unpaired) electrons. The number of aromatic nitrogens is 3. The maximum absolute atomic E-state index is 14.3. The van der Waals surface area contributed by atoms with Crippen LogP contribution in [0.15, 0.2) is 66.7 Å². The summed E-state index contributed by atoms with van der Waals surface area (Å²) in [5, 5.41) is 11.4. The summed E-state index contributed by atoms with van der Waals surface area (Å²) in [5.41, 5.74) is 2.36. The van der Waals surface area contributed by atoms with E-state index in [4.69, 9.17) is 14.2 Å². The van der Waals surface area contributed by atoms with Crippen LogP contribution < -0.4 is 24.4 Å². The van der Waals surface area contributed by atoms with Gasteiger partial charge < -0.3 is 19.5 Å². The molecular formula is C30H35N5O5. The summed E-state index contributed by atoms with van der Waals surface area (Å²) >= 11 is 0. The second kappa shape index (κ2) is 13.0. The van der Waals surface area contributed by atoms with E-state index in [1.807, 2.05) is 24.3 Å². The number of hydrogen-bond acceptors (Lipinski definition) is 7. The molecule has 1 N–H and O–H groups in total. The first-order valence-corrected chi connectivity index (χ1v) is 13.1. The van der Waals surface area contributed by atoms with Crippen LogP contribution in [0.2, 0.25) is 0 Å². The zero-order valence-corrected chi connectivity index (χ0v) is 23.5. The molecule has 0 saturated heterocycles. The molecule has 1 heterocycles. The number of carbonyl (C=O) groups excluding carboxylic acids is 2. The summed E-state index contributed by atoms with van der Waals surface area (Å²) in [5.74, 6) is 1.17. The van der Waals surface area contributed by atoms with Crippen molar-refractivity contribution in [3.63, 3.8) is 0 Å². The highest BCUT2D eigenvalue weighted by atomic mass is 16.5. The van der Waals surface area contributed by atoms with Gasteiger partial charge in [0.15, 0.2) is 0 Å². The van der Waals surface area contributed by atoms with Crippen LogP contribution in [0, 0.1) is 5.92 Å². The molecule has 2 amide bonds. The van der Waals surface area contributed by atoms with Crippen molar-refractivity contribution in [2.24, 2.45) is 5.92 Å². The monoisotopic (exact) mass is 545 g/mol. The first-order chi connectivity index (χ1) is 19.4. The molecule has 40 heavy (non-hydrogen) atoms. The van der Waals surface area contributed by atoms with Gasteiger partial charge in [-0.1, -0.05) is 43.3 Å². The number of nitrogens with zero attached hydrogens (tertiary/aromatic N) is 4. The van der Waals surface area contributed by atoms with Crippen LogP contribution in [0.3, 0.4) is 0 Å². The third-order valence-corrected chi connectivity index (χ3v) is 6.56. The Balaban J connectivity index is 1.85. The highest BCUT2D eigenvalue weighted by Gasteiger charge is 2.35. The molecular weight excluding hydrogens is 510 g/mol. The Morgan fingerprint density at radius 3 is 2.40 bits per heavy atom. The quantitative estimate of drug-likeness (QED) is 0.281. The SMILES string of the molecule is COc1cccc([C@H](C(=O)NCCC(C)C)N(C(=O)Cn2nnc3ccccc32)c2ccc(OC)cc2OC)c1. The van der Waals surface area contributed by atoms with Gasteiger partial charge in [-0.25, -0.2) is 4.68 Å². The minimum Gasteiger partial charge on any atom is -0.497 e. The van der Waals surface area contributed by atoms with E-state index in [-0.39, 0.29) is 18.4 Å². The smallest absolute Gasteiger partial charge is 0.249 e. The molecule has 10 heteroatoms. The van der Waals surface area contributed by atoms with E-state index in [0.29, 0.717) is 52.0 Å². The Labute approximate surface area is 233 Å². The van der Waals surface area contributed by atoms with Gasteiger partial charge in [-0.3, -0.25) is 14.5 Å². The number of amides is 2. The number of ether oxygens (including phenoxy) is 3. The van der Waals surface area contributed by atoms with Crippen LogP contribution in [0.25, 0.3) is 11.0 Å². The van der Waals surface area contributed by atoms with Crippen LogP contribution in [-0.4, -0.2) is 54.7 Å². The van der Waals surface area contributed by atoms with Crippen molar-refractivity contribution in [2.45, 2.75) is 32.9 Å². The summed E-state index contributed by atoms with van der Waals surface area (Å²) in [7, 11) is 4.62. The van der Waals surface area contributed by atoms with Crippen molar-refractivity contribution in [3.8, 4) is 17.2 Å². The van der Waals surface area contributed by atoms with Gasteiger partial charge in [0.25, 0.3) is 0 Å². The van der Waals surface area contributed by atoms with E-state index in [1.165, 1.54) is 16.7 Å². The topological polar surface area (TPSA) is 108 Å². The second-order valence-electron chi connectivity index (χ2n) is 9.69. The van der Waals surface area contributed by atoms with E-state index in [1.54, 1.807) is 56.7 Å². The third kappa shape index (κ3) is 6.33. The van der Waals surface area contributed by atoms with Crippen molar-refractivity contribution in [1.82, 2.24) is 20.3 Å². The number of rotatable bonds is 12. The number of para-hydroxylation sites is 1. The lowest BCUT2D eigenvalue weighted by Crippen LogP contribution is -2.45. The number of methoxy groups -OCH3 is 3. The van der Waals surface area contributed by atoms with E-state index in [9.17, 15) is 9.59 Å². The third-order valence-electron chi connectivity index (χ3n) is 6.56. The Morgan fingerprint density at radius 1 is 0.925 bits per heavy atom. The molecule has 0 unspecified atom stereocenters. The molecule has 0 aliphatic rings. The van der Waals surface area contributed by atoms with Crippen molar-refractivity contribution in [3.05, 3.63) is 72.3 Å². The van der Waals surface area contributed by atoms with Gasteiger partial charge in [0, 0.05) is 12.6 Å². The molecule has 1 aromatic heterocycles. The zero-order chi connectivity index (χ0) is 28.6. The normalized spacial score (nSPS) is 11.8. The van der Waals surface area contributed by atoms with Crippen molar-refractivity contribution >= 4 is 28.5 Å². The number of fused-ring (bicyclic) bond motifs is 1. The van der Waals surface area contributed by atoms with Crippen LogP contribution in [0.1, 0.15) is 31.9 Å². The molecule has 3 aromatic carbocycles. The van der Waals surface area contributed by atoms with Crippen LogP contribution in [0.4, 0.5) is 5.69 Å². The molecule has 0 spiro atoms. The van der Waals surface area contributed by atoms with Crippen molar-refractivity contribution < 1.29 is 23.8 Å². The maximum atomic E-state index is 14.3. The Kier molecular flexibility index (Phi) is 9.21. The van der Waals surface area contributed by atoms with Crippen molar-refractivity contribution in [2.75, 3.05) is 32.8 Å². The van der Waals surface area contributed by atoms with Gasteiger partial charge >= 0.3 is 0 Å². The summed E-state index contributed by atoms with van der Waals surface area (Å²) < 4.78 is 18.0. The molecule has 0 aliphatic heterocycles. The highest BCUT2D eigenvalue weighted by molar-refractivity contribution is 6.02. The molecule has 10 nitrogen and oxygen atoms in total. The summed E-state index contributed by atoms with van der Waals surface area (Å²) in [6.07, 6.45) is 0.793. The summed E-state index contributed by atoms with van der Waals surface area (Å²) in [4.78, 5) is 29.7. The Bertz CT molecular complexity index is 1470. The van der Waals surface area contributed by atoms with Crippen molar-refractivity contribution in [1.29, 1.82) is 0 Å². The molecule has 0 fully saturated rings. The number of nitrogens with one attached hydrogen (secondary N) is 1. The lowest BCUT2D eigenvalue weighted by Gasteiger charge is -2.32. The molecule has 0 saturated carbocycles. The highest BCUT2D eigenvalue weighted by Crippen LogP contribution is 2.38. The number of carbonyl (C=O) groups is 2. The Hall–Kier alpha value is -4.60. The standard InChI is InChI=1S/C30H35N5O5/c1-20(2)15-16-31-30(37)29(21-9-8-10-22(17-21)38-3)35(26-14-13-23(39-4)18-27(26)40-5)28(36)19-34-25-12-7-6-11-24(25)32-33-34/h6-14,17-18,20,29H,15-16,19H2,1-5H3,(H,31,37)/t29-/m1/s1. The zero-order valence-electron chi connectivity index (χ0n) is 23.5. The van der Waals surface area contributed by atoms with Gasteiger partial charge in [0.05, 0.1) is 32.5 Å². The number of benzene rings is 3. The average molecular weight is 546 g/mol. The maximum Gasteiger partial charge on any atom is 0.249 e. The lowest BCUT2D eigenvalue weighted by atomic mass is 10.0. The van der Waals surface area contributed by atoms with Crippen LogP contribution in [-0.2, 0) is 16.1 Å². The van der Waals surface area contributed by atoms with E-state index >= 15 is 0 Å². The molecule has 4 aromatic rings. The first kappa shape index (κ1) is 28.4. The predicted octanol–water partition coefficient (Wildman–Crippen LogP) is 4.39. The van der Waals surface area contributed by atoms with Crippen LogP contribution >= 0.6 is 0 Å². The van der Waals surface area contributed by atoms with Gasteiger partial charge in [0.2, 0.25) is 11.8 Å². The van der Waals surface area contributed by atoms with E-state index in [2.05, 4.69) is 29.5 Å². The molecule has 0 bridgehead atoms. The number of hydrogen-bond donors (Lipinski definition) is 1. The largest absolute Gasteiger partial charge is 0.497 e. The van der Waals surface area contributed by atoms with Gasteiger partial charge in [-0.2, -0.15) is 0 Å². The molecule has 1 atom stereocenters.